The third-order valence-corrected chi connectivity index (χ3v) is 4.43. The molecule has 0 atom stereocenters. The number of nitrogens with zero attached hydrogens (tertiary/aromatic N) is 2. The minimum absolute atomic E-state index is 0.0615. The van der Waals surface area contributed by atoms with E-state index in [1.165, 1.54) is 4.88 Å². The minimum Gasteiger partial charge on any atom is -0.344 e. The van der Waals surface area contributed by atoms with Gasteiger partial charge in [-0.1, -0.05) is 0 Å². The number of thiophene rings is 1. The summed E-state index contributed by atoms with van der Waals surface area (Å²) in [4.78, 5) is 15.2. The number of aryl methyl sites for hydroxylation is 1. The lowest BCUT2D eigenvalue weighted by atomic mass is 10.3. The van der Waals surface area contributed by atoms with Gasteiger partial charge in [-0.25, -0.2) is 0 Å². The minimum atomic E-state index is 0.0615. The number of carbonyl (C=O) groups excluding carboxylic acids is 1. The van der Waals surface area contributed by atoms with Gasteiger partial charge in [0.15, 0.2) is 0 Å². The summed E-state index contributed by atoms with van der Waals surface area (Å²) in [6.07, 6.45) is 1.93. The van der Waals surface area contributed by atoms with Crippen LogP contribution in [-0.2, 0) is 13.1 Å². The first kappa shape index (κ1) is 13.4. The predicted molar refractivity (Wildman–Crippen MR) is 77.9 cm³/mol. The molecule has 2 rings (SSSR count). The number of carbonyl (C=O) groups is 1. The molecule has 0 aromatic carbocycles. The summed E-state index contributed by atoms with van der Waals surface area (Å²) in [6, 6.07) is 5.83. The fourth-order valence-electron chi connectivity index (χ4n) is 1.82. The van der Waals surface area contributed by atoms with Crippen LogP contribution in [0, 0.1) is 0 Å². The largest absolute Gasteiger partial charge is 0.344 e. The molecule has 0 saturated heterocycles. The number of halogens is 1. The highest BCUT2D eigenvalue weighted by molar-refractivity contribution is 9.10. The van der Waals surface area contributed by atoms with E-state index >= 15 is 0 Å². The van der Waals surface area contributed by atoms with E-state index < -0.39 is 0 Å². The molecule has 0 aliphatic heterocycles. The molecule has 0 spiro atoms. The molecule has 0 aliphatic carbocycles. The Kier molecular flexibility index (Phi) is 4.24. The van der Waals surface area contributed by atoms with Crippen LogP contribution in [-0.4, -0.2) is 22.4 Å². The molecule has 2 heterocycles. The first-order chi connectivity index (χ1) is 8.61. The van der Waals surface area contributed by atoms with Gasteiger partial charge in [0.2, 0.25) is 0 Å². The second-order valence-corrected chi connectivity index (χ2v) is 5.98. The fourth-order valence-corrected chi connectivity index (χ4v) is 3.33. The van der Waals surface area contributed by atoms with Crippen molar-refractivity contribution in [3.05, 3.63) is 44.8 Å². The van der Waals surface area contributed by atoms with Crippen LogP contribution in [0.2, 0.25) is 0 Å². The van der Waals surface area contributed by atoms with Crippen LogP contribution in [0.5, 0.6) is 0 Å². The molecular weight excluding hydrogens is 312 g/mol. The zero-order chi connectivity index (χ0) is 13.1. The Bertz CT molecular complexity index is 547. The molecule has 2 aromatic rings. The topological polar surface area (TPSA) is 25.2 Å². The summed E-state index contributed by atoms with van der Waals surface area (Å²) >= 11 is 5.08. The first-order valence-electron chi connectivity index (χ1n) is 5.75. The second kappa shape index (κ2) is 5.71. The van der Waals surface area contributed by atoms with Crippen molar-refractivity contribution in [2.24, 2.45) is 0 Å². The lowest BCUT2D eigenvalue weighted by Gasteiger charge is -2.17. The van der Waals surface area contributed by atoms with E-state index in [1.807, 2.05) is 48.3 Å². The van der Waals surface area contributed by atoms with E-state index in [1.54, 1.807) is 16.2 Å². The standard InChI is InChI=1S/C13H15BrN2OS/c1-3-16-6-4-5-12(16)13(17)15(2)8-11-7-10(14)9-18-11/h4-7,9H,3,8H2,1-2H3. The van der Waals surface area contributed by atoms with Crippen LogP contribution in [0.25, 0.3) is 0 Å². The molecule has 0 unspecified atom stereocenters. The lowest BCUT2D eigenvalue weighted by Crippen LogP contribution is -2.27. The maximum atomic E-state index is 12.3. The third-order valence-electron chi connectivity index (χ3n) is 2.75. The molecule has 96 valence electrons. The van der Waals surface area contributed by atoms with Gasteiger partial charge < -0.3 is 9.47 Å². The molecule has 0 fully saturated rings. The van der Waals surface area contributed by atoms with Gasteiger partial charge >= 0.3 is 0 Å². The normalized spacial score (nSPS) is 10.6. The van der Waals surface area contributed by atoms with Crippen molar-refractivity contribution in [2.75, 3.05) is 7.05 Å². The molecule has 0 aliphatic rings. The lowest BCUT2D eigenvalue weighted by molar-refractivity contribution is 0.0776. The van der Waals surface area contributed by atoms with Gasteiger partial charge in [-0.3, -0.25) is 4.79 Å². The van der Waals surface area contributed by atoms with Gasteiger partial charge in [0.05, 0.1) is 6.54 Å². The van der Waals surface area contributed by atoms with E-state index in [9.17, 15) is 4.79 Å². The number of aromatic nitrogens is 1. The van der Waals surface area contributed by atoms with Crippen molar-refractivity contribution >= 4 is 33.2 Å². The summed E-state index contributed by atoms with van der Waals surface area (Å²) in [5, 5.41) is 2.03. The highest BCUT2D eigenvalue weighted by Crippen LogP contribution is 2.21. The predicted octanol–water partition coefficient (Wildman–Crippen LogP) is 3.60. The van der Waals surface area contributed by atoms with Crippen molar-refractivity contribution in [2.45, 2.75) is 20.0 Å². The Morgan fingerprint density at radius 3 is 2.94 bits per heavy atom. The van der Waals surface area contributed by atoms with E-state index in [0.717, 1.165) is 16.7 Å². The van der Waals surface area contributed by atoms with Crippen molar-refractivity contribution < 1.29 is 4.79 Å². The molecule has 18 heavy (non-hydrogen) atoms. The van der Waals surface area contributed by atoms with Crippen LogP contribution >= 0.6 is 27.3 Å². The average Bonchev–Trinajstić information content (AvgIpc) is 2.96. The van der Waals surface area contributed by atoms with Gasteiger partial charge in [-0.15, -0.1) is 11.3 Å². The van der Waals surface area contributed by atoms with Gasteiger partial charge in [0.1, 0.15) is 5.69 Å². The van der Waals surface area contributed by atoms with E-state index in [-0.39, 0.29) is 5.91 Å². The van der Waals surface area contributed by atoms with E-state index in [0.29, 0.717) is 6.54 Å². The second-order valence-electron chi connectivity index (χ2n) is 4.07. The molecule has 5 heteroatoms. The molecule has 0 saturated carbocycles. The summed E-state index contributed by atoms with van der Waals surface area (Å²) in [5.41, 5.74) is 0.746. The van der Waals surface area contributed by atoms with Gasteiger partial charge in [0.25, 0.3) is 5.91 Å². The molecular formula is C13H15BrN2OS. The SMILES string of the molecule is CCn1cccc1C(=O)N(C)Cc1cc(Br)cs1. The molecule has 0 bridgehead atoms. The van der Waals surface area contributed by atoms with Crippen molar-refractivity contribution in [1.82, 2.24) is 9.47 Å². The monoisotopic (exact) mass is 326 g/mol. The molecule has 0 N–H and O–H groups in total. The number of hydrogen-bond acceptors (Lipinski definition) is 2. The highest BCUT2D eigenvalue weighted by Gasteiger charge is 2.15. The maximum absolute atomic E-state index is 12.3. The average molecular weight is 327 g/mol. The number of hydrogen-bond donors (Lipinski definition) is 0. The van der Waals surface area contributed by atoms with Crippen LogP contribution < -0.4 is 0 Å². The summed E-state index contributed by atoms with van der Waals surface area (Å²) in [7, 11) is 1.84. The van der Waals surface area contributed by atoms with Crippen molar-refractivity contribution in [3.8, 4) is 0 Å². The van der Waals surface area contributed by atoms with Gasteiger partial charge in [0, 0.05) is 34.5 Å². The Hall–Kier alpha value is -1.07. The smallest absolute Gasteiger partial charge is 0.270 e. The highest BCUT2D eigenvalue weighted by atomic mass is 79.9. The van der Waals surface area contributed by atoms with Crippen LogP contribution in [0.15, 0.2) is 34.2 Å². The molecule has 3 nitrogen and oxygen atoms in total. The molecule has 0 radical (unpaired) electrons. The van der Waals surface area contributed by atoms with Crippen molar-refractivity contribution in [1.29, 1.82) is 0 Å². The third kappa shape index (κ3) is 2.84. The maximum Gasteiger partial charge on any atom is 0.270 e. The van der Waals surface area contributed by atoms with Crippen LogP contribution in [0.3, 0.4) is 0 Å². The van der Waals surface area contributed by atoms with Crippen molar-refractivity contribution in [3.63, 3.8) is 0 Å². The number of amides is 1. The Balaban J connectivity index is 2.09. The van der Waals surface area contributed by atoms with Gasteiger partial charge in [-0.2, -0.15) is 0 Å². The number of rotatable bonds is 4. The molecule has 2 aromatic heterocycles. The fraction of sp³-hybridized carbons (Fsp3) is 0.308. The summed E-state index contributed by atoms with van der Waals surface area (Å²) in [5.74, 6) is 0.0615. The Morgan fingerprint density at radius 1 is 1.56 bits per heavy atom. The summed E-state index contributed by atoms with van der Waals surface area (Å²) in [6.45, 7) is 3.49. The molecule has 1 amide bonds. The zero-order valence-electron chi connectivity index (χ0n) is 10.4. The van der Waals surface area contributed by atoms with Crippen LogP contribution in [0.1, 0.15) is 22.3 Å². The first-order valence-corrected chi connectivity index (χ1v) is 7.42. The Labute approximate surface area is 119 Å². The zero-order valence-corrected chi connectivity index (χ0v) is 12.8. The quantitative estimate of drug-likeness (QED) is 0.842. The van der Waals surface area contributed by atoms with E-state index in [2.05, 4.69) is 15.9 Å². The van der Waals surface area contributed by atoms with Gasteiger partial charge in [-0.05, 0) is 41.1 Å². The Morgan fingerprint density at radius 2 is 2.33 bits per heavy atom. The van der Waals surface area contributed by atoms with Crippen LogP contribution in [0.4, 0.5) is 0 Å². The van der Waals surface area contributed by atoms with E-state index in [4.69, 9.17) is 0 Å². The summed E-state index contributed by atoms with van der Waals surface area (Å²) < 4.78 is 3.03.